The van der Waals surface area contributed by atoms with E-state index >= 15 is 0 Å². The van der Waals surface area contributed by atoms with E-state index < -0.39 is 23.6 Å². The highest BCUT2D eigenvalue weighted by Gasteiger charge is 2.40. The molecule has 34 heavy (non-hydrogen) atoms. The van der Waals surface area contributed by atoms with Crippen LogP contribution in [0, 0.1) is 17.3 Å². The van der Waals surface area contributed by atoms with Gasteiger partial charge in [0.05, 0.1) is 6.54 Å². The zero-order valence-electron chi connectivity index (χ0n) is 19.9. The van der Waals surface area contributed by atoms with Crippen LogP contribution in [0.2, 0.25) is 0 Å². The van der Waals surface area contributed by atoms with E-state index in [1.807, 2.05) is 30.3 Å². The van der Waals surface area contributed by atoms with Crippen LogP contribution < -0.4 is 5.32 Å². The van der Waals surface area contributed by atoms with E-state index in [4.69, 9.17) is 10.2 Å². The van der Waals surface area contributed by atoms with Crippen LogP contribution in [0.25, 0.3) is 11.1 Å². The van der Waals surface area contributed by atoms with Gasteiger partial charge in [0, 0.05) is 12.0 Å². The standard InChI is InChI=1S/C28H34FNO4/c1-3-4-5-6-8-15-22-20-23(16-17-24(22)21-13-9-7-10-14-21)25(29)30-19-12-11-18-28(2,26(31)32)27(33)34/h7,9-10,13-14,16-17,20,25,30H,3-6,8,15,18-19H2,1-2H3,(H,31,32)(H,33,34). The molecule has 0 aliphatic rings. The number of aryl methyl sites for hydroxylation is 1. The van der Waals surface area contributed by atoms with Gasteiger partial charge in [-0.15, -0.1) is 5.92 Å². The molecule has 0 heterocycles. The van der Waals surface area contributed by atoms with Crippen LogP contribution in [0.4, 0.5) is 4.39 Å². The first-order chi connectivity index (χ1) is 16.3. The third kappa shape index (κ3) is 7.71. The van der Waals surface area contributed by atoms with Crippen LogP contribution in [0.1, 0.15) is 69.8 Å². The normalized spacial score (nSPS) is 12.0. The summed E-state index contributed by atoms with van der Waals surface area (Å²) in [6.45, 7) is 3.27. The van der Waals surface area contributed by atoms with Crippen molar-refractivity contribution in [3.05, 3.63) is 59.7 Å². The Kier molecular flexibility index (Phi) is 10.8. The summed E-state index contributed by atoms with van der Waals surface area (Å²) in [5.74, 6) is 2.27. The molecule has 2 aromatic rings. The summed E-state index contributed by atoms with van der Waals surface area (Å²) in [5.41, 5.74) is 1.84. The van der Waals surface area contributed by atoms with Crippen LogP contribution in [-0.4, -0.2) is 28.7 Å². The fourth-order valence-electron chi connectivity index (χ4n) is 3.60. The monoisotopic (exact) mass is 467 g/mol. The van der Waals surface area contributed by atoms with Crippen LogP contribution in [0.3, 0.4) is 0 Å². The Morgan fingerprint density at radius 2 is 1.68 bits per heavy atom. The number of hydrogen-bond donors (Lipinski definition) is 3. The lowest BCUT2D eigenvalue weighted by Crippen LogP contribution is -2.35. The minimum atomic E-state index is -1.98. The van der Waals surface area contributed by atoms with Crippen molar-refractivity contribution in [2.75, 3.05) is 6.54 Å². The molecule has 0 radical (unpaired) electrons. The Hall–Kier alpha value is -3.17. The Morgan fingerprint density at radius 3 is 2.32 bits per heavy atom. The molecule has 6 heteroatoms. The highest BCUT2D eigenvalue weighted by molar-refractivity contribution is 5.98. The summed E-state index contributed by atoms with van der Waals surface area (Å²) in [5, 5.41) is 20.9. The first-order valence-electron chi connectivity index (χ1n) is 11.8. The van der Waals surface area contributed by atoms with Gasteiger partial charge >= 0.3 is 11.9 Å². The van der Waals surface area contributed by atoms with Crippen molar-refractivity contribution < 1.29 is 24.2 Å². The Morgan fingerprint density at radius 1 is 1.00 bits per heavy atom. The van der Waals surface area contributed by atoms with Crippen molar-refractivity contribution in [1.82, 2.24) is 5.32 Å². The number of unbranched alkanes of at least 4 members (excludes halogenated alkanes) is 4. The molecule has 0 fully saturated rings. The highest BCUT2D eigenvalue weighted by atomic mass is 19.1. The second-order valence-electron chi connectivity index (χ2n) is 8.66. The van der Waals surface area contributed by atoms with E-state index in [0.29, 0.717) is 5.56 Å². The van der Waals surface area contributed by atoms with Gasteiger partial charge in [0.1, 0.15) is 0 Å². The molecule has 0 aliphatic carbocycles. The van der Waals surface area contributed by atoms with Gasteiger partial charge in [-0.25, -0.2) is 4.39 Å². The van der Waals surface area contributed by atoms with Crippen molar-refractivity contribution >= 4 is 11.9 Å². The quantitative estimate of drug-likeness (QED) is 0.146. The third-order valence-electron chi connectivity index (χ3n) is 5.94. The van der Waals surface area contributed by atoms with Crippen molar-refractivity contribution in [3.8, 4) is 23.0 Å². The zero-order valence-corrected chi connectivity index (χ0v) is 19.9. The summed E-state index contributed by atoms with van der Waals surface area (Å²) in [6, 6.07) is 15.7. The second-order valence-corrected chi connectivity index (χ2v) is 8.66. The molecule has 1 atom stereocenters. The average molecular weight is 468 g/mol. The number of alkyl halides is 1. The maximum absolute atomic E-state index is 14.9. The molecule has 0 amide bonds. The van der Waals surface area contributed by atoms with Crippen LogP contribution >= 0.6 is 0 Å². The average Bonchev–Trinajstić information content (AvgIpc) is 2.83. The van der Waals surface area contributed by atoms with Crippen LogP contribution in [0.15, 0.2) is 48.5 Å². The third-order valence-corrected chi connectivity index (χ3v) is 5.94. The molecule has 3 N–H and O–H groups in total. The van der Waals surface area contributed by atoms with E-state index in [-0.39, 0.29) is 13.0 Å². The molecule has 0 saturated carbocycles. The Bertz CT molecular complexity index is 996. The van der Waals surface area contributed by atoms with Gasteiger partial charge in [0.25, 0.3) is 0 Å². The number of rotatable bonds is 13. The van der Waals surface area contributed by atoms with Gasteiger partial charge in [-0.3, -0.25) is 14.9 Å². The molecular formula is C28H34FNO4. The molecule has 0 bridgehead atoms. The number of aliphatic carboxylic acids is 2. The Balaban J connectivity index is 2.07. The van der Waals surface area contributed by atoms with Gasteiger partial charge < -0.3 is 10.2 Å². The lowest BCUT2D eigenvalue weighted by atomic mass is 9.87. The molecule has 5 nitrogen and oxygen atoms in total. The lowest BCUT2D eigenvalue weighted by Gasteiger charge is -2.16. The van der Waals surface area contributed by atoms with E-state index in [9.17, 15) is 14.0 Å². The molecule has 0 aromatic heterocycles. The van der Waals surface area contributed by atoms with Gasteiger partial charge in [0.15, 0.2) is 11.7 Å². The topological polar surface area (TPSA) is 86.6 Å². The molecule has 0 aliphatic heterocycles. The lowest BCUT2D eigenvalue weighted by molar-refractivity contribution is -0.162. The van der Waals surface area contributed by atoms with E-state index in [1.165, 1.54) is 19.3 Å². The Labute approximate surface area is 201 Å². The molecule has 1 unspecified atom stereocenters. The summed E-state index contributed by atoms with van der Waals surface area (Å²) in [4.78, 5) is 22.4. The fourth-order valence-corrected chi connectivity index (χ4v) is 3.60. The minimum absolute atomic E-state index is 0.0245. The second kappa shape index (κ2) is 13.5. The van der Waals surface area contributed by atoms with Crippen LogP contribution in [0.5, 0.6) is 0 Å². The zero-order chi connectivity index (χ0) is 25.0. The first-order valence-corrected chi connectivity index (χ1v) is 11.8. The van der Waals surface area contributed by atoms with Crippen molar-refractivity contribution in [3.63, 3.8) is 0 Å². The van der Waals surface area contributed by atoms with E-state index in [0.717, 1.165) is 42.9 Å². The van der Waals surface area contributed by atoms with Gasteiger partial charge in [-0.2, -0.15) is 0 Å². The highest BCUT2D eigenvalue weighted by Crippen LogP contribution is 2.29. The van der Waals surface area contributed by atoms with E-state index in [2.05, 4.69) is 36.2 Å². The van der Waals surface area contributed by atoms with Crippen molar-refractivity contribution in [1.29, 1.82) is 0 Å². The number of nitrogens with one attached hydrogen (secondary N) is 1. The van der Waals surface area contributed by atoms with E-state index in [1.54, 1.807) is 6.07 Å². The number of carboxylic acids is 2. The first kappa shape index (κ1) is 27.1. The predicted octanol–water partition coefficient (Wildman–Crippen LogP) is 5.99. The number of carbonyl (C=O) groups is 2. The number of halogens is 1. The molecule has 0 spiro atoms. The van der Waals surface area contributed by atoms with Crippen molar-refractivity contribution in [2.24, 2.45) is 5.41 Å². The molecular weight excluding hydrogens is 433 g/mol. The van der Waals surface area contributed by atoms with Gasteiger partial charge in [-0.05, 0) is 36.5 Å². The summed E-state index contributed by atoms with van der Waals surface area (Å²) in [6.07, 6.45) is 4.88. The van der Waals surface area contributed by atoms with Crippen LogP contribution in [-0.2, 0) is 16.0 Å². The predicted molar refractivity (Wildman–Crippen MR) is 132 cm³/mol. The largest absolute Gasteiger partial charge is 0.480 e. The molecule has 182 valence electrons. The van der Waals surface area contributed by atoms with Crippen molar-refractivity contribution in [2.45, 2.75) is 65.1 Å². The summed E-state index contributed by atoms with van der Waals surface area (Å²) in [7, 11) is 0. The summed E-state index contributed by atoms with van der Waals surface area (Å²) < 4.78 is 14.9. The minimum Gasteiger partial charge on any atom is -0.480 e. The molecule has 2 aromatic carbocycles. The molecule has 0 saturated heterocycles. The maximum Gasteiger partial charge on any atom is 0.321 e. The van der Waals surface area contributed by atoms with Gasteiger partial charge in [-0.1, -0.05) is 87.1 Å². The number of carboxylic acid groups (broad SMARTS) is 2. The maximum atomic E-state index is 14.9. The fraction of sp³-hybridized carbons (Fsp3) is 0.429. The van der Waals surface area contributed by atoms with Gasteiger partial charge in [0.2, 0.25) is 0 Å². The summed E-state index contributed by atoms with van der Waals surface area (Å²) >= 11 is 0. The number of benzene rings is 2. The SMILES string of the molecule is CCCCCCCc1cc(C(F)NCC#CCC(C)(C(=O)O)C(=O)O)ccc1-c1ccccc1. The molecule has 2 rings (SSSR count). The smallest absolute Gasteiger partial charge is 0.321 e. The number of hydrogen-bond acceptors (Lipinski definition) is 3.